The summed E-state index contributed by atoms with van der Waals surface area (Å²) in [5.74, 6) is 0.216. The molecule has 128 valence electrons. The second kappa shape index (κ2) is 7.90. The zero-order valence-electron chi connectivity index (χ0n) is 13.7. The fourth-order valence-electron chi connectivity index (χ4n) is 2.32. The van der Waals surface area contributed by atoms with Crippen molar-refractivity contribution in [3.63, 3.8) is 0 Å². The van der Waals surface area contributed by atoms with E-state index in [1.165, 1.54) is 24.3 Å². The number of thiazole rings is 1. The Morgan fingerprint density at radius 3 is 2.80 bits per heavy atom. The van der Waals surface area contributed by atoms with Crippen molar-refractivity contribution in [2.45, 2.75) is 6.42 Å². The first kappa shape index (κ1) is 17.1. The molecule has 0 aliphatic heterocycles. The summed E-state index contributed by atoms with van der Waals surface area (Å²) in [6.45, 7) is 0.470. The number of hydrogen-bond acceptors (Lipinski definition) is 4. The normalized spacial score (nSPS) is 10.5. The first-order valence-corrected chi connectivity index (χ1v) is 8.66. The summed E-state index contributed by atoms with van der Waals surface area (Å²) in [4.78, 5) is 16.6. The molecule has 1 heterocycles. The van der Waals surface area contributed by atoms with Crippen molar-refractivity contribution in [1.29, 1.82) is 0 Å². The van der Waals surface area contributed by atoms with E-state index < -0.39 is 0 Å². The first-order chi connectivity index (χ1) is 12.2. The van der Waals surface area contributed by atoms with E-state index in [1.54, 1.807) is 18.4 Å². The summed E-state index contributed by atoms with van der Waals surface area (Å²) in [6.07, 6.45) is 0.632. The van der Waals surface area contributed by atoms with Gasteiger partial charge >= 0.3 is 0 Å². The molecule has 0 saturated heterocycles. The quantitative estimate of drug-likeness (QED) is 0.728. The van der Waals surface area contributed by atoms with Crippen LogP contribution in [0.15, 0.2) is 53.9 Å². The van der Waals surface area contributed by atoms with Crippen molar-refractivity contribution in [3.8, 4) is 16.3 Å². The van der Waals surface area contributed by atoms with Gasteiger partial charge in [0.2, 0.25) is 0 Å². The van der Waals surface area contributed by atoms with Crippen LogP contribution in [0.25, 0.3) is 10.6 Å². The number of methoxy groups -OCH3 is 1. The summed E-state index contributed by atoms with van der Waals surface area (Å²) >= 11 is 1.56. The predicted molar refractivity (Wildman–Crippen MR) is 96.5 cm³/mol. The minimum absolute atomic E-state index is 0.219. The Morgan fingerprint density at radius 2 is 2.04 bits per heavy atom. The molecule has 1 amide bonds. The SMILES string of the molecule is COc1cccc(-c2nc(CCNC(=O)c3ccc(F)cc3)cs2)c1. The highest BCUT2D eigenvalue weighted by atomic mass is 32.1. The van der Waals surface area contributed by atoms with Gasteiger partial charge in [0.15, 0.2) is 0 Å². The zero-order valence-corrected chi connectivity index (χ0v) is 14.5. The van der Waals surface area contributed by atoms with E-state index in [1.807, 2.05) is 29.6 Å². The Hall–Kier alpha value is -2.73. The highest BCUT2D eigenvalue weighted by Gasteiger charge is 2.08. The number of halogens is 1. The van der Waals surface area contributed by atoms with Crippen molar-refractivity contribution < 1.29 is 13.9 Å². The Morgan fingerprint density at radius 1 is 1.24 bits per heavy atom. The fraction of sp³-hybridized carbons (Fsp3) is 0.158. The second-order valence-corrected chi connectivity index (χ2v) is 6.25. The molecule has 0 radical (unpaired) electrons. The van der Waals surface area contributed by atoms with Gasteiger partial charge in [0, 0.05) is 29.5 Å². The molecule has 1 aromatic heterocycles. The highest BCUT2D eigenvalue weighted by molar-refractivity contribution is 7.13. The van der Waals surface area contributed by atoms with E-state index in [9.17, 15) is 9.18 Å². The Bertz CT molecular complexity index is 862. The topological polar surface area (TPSA) is 51.2 Å². The van der Waals surface area contributed by atoms with Crippen molar-refractivity contribution in [3.05, 3.63) is 71.0 Å². The molecule has 0 fully saturated rings. The molecule has 0 spiro atoms. The third-order valence-electron chi connectivity index (χ3n) is 3.64. The van der Waals surface area contributed by atoms with Gasteiger partial charge in [-0.2, -0.15) is 0 Å². The molecule has 3 aromatic rings. The van der Waals surface area contributed by atoms with Crippen LogP contribution in [0.1, 0.15) is 16.1 Å². The maximum Gasteiger partial charge on any atom is 0.251 e. The number of nitrogens with one attached hydrogen (secondary N) is 1. The van der Waals surface area contributed by atoms with Crippen molar-refractivity contribution in [2.75, 3.05) is 13.7 Å². The molecule has 0 aliphatic rings. The standard InChI is InChI=1S/C19H17FN2O2S/c1-24-17-4-2-3-14(11-17)19-22-16(12-25-19)9-10-21-18(23)13-5-7-15(20)8-6-13/h2-8,11-12H,9-10H2,1H3,(H,21,23). The van der Waals surface area contributed by atoms with Crippen LogP contribution in [0.2, 0.25) is 0 Å². The Kier molecular flexibility index (Phi) is 5.40. The summed E-state index contributed by atoms with van der Waals surface area (Å²) in [7, 11) is 1.64. The number of hydrogen-bond donors (Lipinski definition) is 1. The Balaban J connectivity index is 1.56. The number of carbonyl (C=O) groups excluding carboxylic acids is 1. The van der Waals surface area contributed by atoms with Crippen molar-refractivity contribution in [1.82, 2.24) is 10.3 Å². The van der Waals surface area contributed by atoms with Crippen LogP contribution in [-0.4, -0.2) is 24.5 Å². The summed E-state index contributed by atoms with van der Waals surface area (Å²) in [5.41, 5.74) is 2.37. The summed E-state index contributed by atoms with van der Waals surface area (Å²) in [5, 5.41) is 5.72. The number of nitrogens with zero attached hydrogens (tertiary/aromatic N) is 1. The van der Waals surface area contributed by atoms with Crippen molar-refractivity contribution >= 4 is 17.2 Å². The van der Waals surface area contributed by atoms with E-state index in [2.05, 4.69) is 10.3 Å². The van der Waals surface area contributed by atoms with Gasteiger partial charge in [-0.3, -0.25) is 4.79 Å². The third kappa shape index (κ3) is 4.42. The lowest BCUT2D eigenvalue weighted by molar-refractivity contribution is 0.0954. The van der Waals surface area contributed by atoms with Gasteiger partial charge in [-0.1, -0.05) is 12.1 Å². The minimum atomic E-state index is -0.357. The smallest absolute Gasteiger partial charge is 0.251 e. The van der Waals surface area contributed by atoms with Crippen LogP contribution < -0.4 is 10.1 Å². The lowest BCUT2D eigenvalue weighted by Gasteiger charge is -2.04. The average molecular weight is 356 g/mol. The molecule has 6 heteroatoms. The zero-order chi connectivity index (χ0) is 17.6. The van der Waals surface area contributed by atoms with Gasteiger partial charge < -0.3 is 10.1 Å². The number of benzene rings is 2. The molecule has 1 N–H and O–H groups in total. The van der Waals surface area contributed by atoms with Gasteiger partial charge in [-0.25, -0.2) is 9.37 Å². The largest absolute Gasteiger partial charge is 0.497 e. The molecule has 0 atom stereocenters. The molecule has 3 rings (SSSR count). The molecular formula is C19H17FN2O2S. The van der Waals surface area contributed by atoms with Crippen LogP contribution in [-0.2, 0) is 6.42 Å². The van der Waals surface area contributed by atoms with Crippen LogP contribution in [0.4, 0.5) is 4.39 Å². The molecule has 25 heavy (non-hydrogen) atoms. The lowest BCUT2D eigenvalue weighted by atomic mass is 10.2. The molecule has 0 unspecified atom stereocenters. The van der Waals surface area contributed by atoms with Gasteiger partial charge in [-0.05, 0) is 36.4 Å². The maximum atomic E-state index is 12.9. The van der Waals surface area contributed by atoms with E-state index in [4.69, 9.17) is 4.74 Å². The number of aromatic nitrogens is 1. The monoisotopic (exact) mass is 356 g/mol. The molecule has 0 bridgehead atoms. The summed E-state index contributed by atoms with van der Waals surface area (Å²) < 4.78 is 18.1. The molecular weight excluding hydrogens is 339 g/mol. The molecule has 2 aromatic carbocycles. The van der Waals surface area contributed by atoms with E-state index in [-0.39, 0.29) is 11.7 Å². The van der Waals surface area contributed by atoms with Crippen LogP contribution in [0.3, 0.4) is 0 Å². The van der Waals surface area contributed by atoms with E-state index in [0.717, 1.165) is 22.0 Å². The number of amides is 1. The highest BCUT2D eigenvalue weighted by Crippen LogP contribution is 2.26. The van der Waals surface area contributed by atoms with Gasteiger partial charge in [0.1, 0.15) is 16.6 Å². The number of ether oxygens (including phenoxy) is 1. The predicted octanol–water partition coefficient (Wildman–Crippen LogP) is 3.93. The average Bonchev–Trinajstić information content (AvgIpc) is 3.11. The molecule has 0 aliphatic carbocycles. The second-order valence-electron chi connectivity index (χ2n) is 5.39. The van der Waals surface area contributed by atoms with Crippen molar-refractivity contribution in [2.24, 2.45) is 0 Å². The van der Waals surface area contributed by atoms with E-state index >= 15 is 0 Å². The number of rotatable bonds is 6. The molecule has 0 saturated carbocycles. The summed E-state index contributed by atoms with van der Waals surface area (Å²) in [6, 6.07) is 13.2. The lowest BCUT2D eigenvalue weighted by Crippen LogP contribution is -2.25. The van der Waals surface area contributed by atoms with Crippen LogP contribution >= 0.6 is 11.3 Å². The van der Waals surface area contributed by atoms with Crippen LogP contribution in [0, 0.1) is 5.82 Å². The Labute approximate surface area is 149 Å². The molecule has 4 nitrogen and oxygen atoms in total. The van der Waals surface area contributed by atoms with Crippen LogP contribution in [0.5, 0.6) is 5.75 Å². The maximum absolute atomic E-state index is 12.9. The van der Waals surface area contributed by atoms with Gasteiger partial charge in [-0.15, -0.1) is 11.3 Å². The third-order valence-corrected chi connectivity index (χ3v) is 4.58. The minimum Gasteiger partial charge on any atom is -0.497 e. The fourth-order valence-corrected chi connectivity index (χ4v) is 3.17. The van der Waals surface area contributed by atoms with Gasteiger partial charge in [0.25, 0.3) is 5.91 Å². The number of carbonyl (C=O) groups is 1. The van der Waals surface area contributed by atoms with E-state index in [0.29, 0.717) is 18.5 Å². The van der Waals surface area contributed by atoms with Gasteiger partial charge in [0.05, 0.1) is 12.8 Å². The first-order valence-electron chi connectivity index (χ1n) is 7.78.